The van der Waals surface area contributed by atoms with E-state index in [0.717, 1.165) is 37.1 Å². The monoisotopic (exact) mass is 282 g/mol. The molecule has 2 N–H and O–H groups in total. The van der Waals surface area contributed by atoms with Gasteiger partial charge >= 0.3 is 0 Å². The number of aromatic nitrogens is 2. The third-order valence-corrected chi connectivity index (χ3v) is 3.64. The predicted molar refractivity (Wildman–Crippen MR) is 84.9 cm³/mol. The standard InChI is InChI=1S/C17H22N4/c1-3-4-5-10-21-17(19)15(12-18)16(20-21)11-14-8-6-13(2)7-9-14/h6-9H,3-5,10-11,19H2,1-2H3. The Bertz CT molecular complexity index is 632. The van der Waals surface area contributed by atoms with Crippen molar-refractivity contribution in [1.29, 1.82) is 5.26 Å². The van der Waals surface area contributed by atoms with Gasteiger partial charge in [0.1, 0.15) is 17.5 Å². The van der Waals surface area contributed by atoms with Gasteiger partial charge in [0.25, 0.3) is 0 Å². The highest BCUT2D eigenvalue weighted by atomic mass is 15.3. The normalized spacial score (nSPS) is 10.5. The van der Waals surface area contributed by atoms with Crippen LogP contribution in [0.15, 0.2) is 24.3 Å². The third kappa shape index (κ3) is 3.63. The molecule has 0 amide bonds. The molecule has 4 heteroatoms. The summed E-state index contributed by atoms with van der Waals surface area (Å²) in [5.41, 5.74) is 9.72. The summed E-state index contributed by atoms with van der Waals surface area (Å²) >= 11 is 0. The molecular weight excluding hydrogens is 260 g/mol. The molecule has 0 aliphatic heterocycles. The Labute approximate surface area is 126 Å². The molecule has 4 nitrogen and oxygen atoms in total. The number of nitrogens with zero attached hydrogens (tertiary/aromatic N) is 3. The maximum atomic E-state index is 9.32. The number of hydrogen-bond acceptors (Lipinski definition) is 3. The fraction of sp³-hybridized carbons (Fsp3) is 0.412. The van der Waals surface area contributed by atoms with Crippen LogP contribution in [0.4, 0.5) is 5.82 Å². The molecule has 1 heterocycles. The first-order valence-electron chi connectivity index (χ1n) is 7.46. The van der Waals surface area contributed by atoms with Gasteiger partial charge in [-0.05, 0) is 18.9 Å². The molecule has 1 aromatic carbocycles. The summed E-state index contributed by atoms with van der Waals surface area (Å²) in [5, 5.41) is 13.9. The van der Waals surface area contributed by atoms with Gasteiger partial charge in [0, 0.05) is 13.0 Å². The summed E-state index contributed by atoms with van der Waals surface area (Å²) in [6.07, 6.45) is 3.99. The molecule has 0 atom stereocenters. The SMILES string of the molecule is CCCCCn1nc(Cc2ccc(C)cc2)c(C#N)c1N. The molecule has 0 aliphatic rings. The van der Waals surface area contributed by atoms with E-state index in [1.165, 1.54) is 5.56 Å². The number of nitriles is 1. The number of nitrogens with two attached hydrogens (primary N) is 1. The summed E-state index contributed by atoms with van der Waals surface area (Å²) in [6.45, 7) is 5.00. The Balaban J connectivity index is 2.20. The number of unbranched alkanes of at least 4 members (excludes halogenated alkanes) is 2. The quantitative estimate of drug-likeness (QED) is 0.825. The summed E-state index contributed by atoms with van der Waals surface area (Å²) < 4.78 is 1.78. The zero-order valence-corrected chi connectivity index (χ0v) is 12.8. The number of benzene rings is 1. The van der Waals surface area contributed by atoms with Gasteiger partial charge in [0.2, 0.25) is 0 Å². The molecule has 0 bridgehead atoms. The van der Waals surface area contributed by atoms with Gasteiger partial charge in [-0.2, -0.15) is 10.4 Å². The summed E-state index contributed by atoms with van der Waals surface area (Å²) in [7, 11) is 0. The molecule has 21 heavy (non-hydrogen) atoms. The first-order chi connectivity index (χ1) is 10.2. The Kier molecular flexibility index (Phi) is 4.99. The van der Waals surface area contributed by atoms with E-state index in [1.807, 2.05) is 0 Å². The van der Waals surface area contributed by atoms with Crippen LogP contribution in [0, 0.1) is 18.3 Å². The fourth-order valence-corrected chi connectivity index (χ4v) is 2.35. The van der Waals surface area contributed by atoms with Crippen LogP contribution in [0.2, 0.25) is 0 Å². The van der Waals surface area contributed by atoms with Gasteiger partial charge in [-0.1, -0.05) is 49.6 Å². The highest BCUT2D eigenvalue weighted by molar-refractivity contribution is 5.53. The largest absolute Gasteiger partial charge is 0.383 e. The van der Waals surface area contributed by atoms with Crippen LogP contribution in [0.1, 0.15) is 48.6 Å². The highest BCUT2D eigenvalue weighted by Crippen LogP contribution is 2.20. The predicted octanol–water partition coefficient (Wildman–Crippen LogP) is 3.43. The van der Waals surface area contributed by atoms with E-state index in [1.54, 1.807) is 4.68 Å². The second-order valence-electron chi connectivity index (χ2n) is 5.41. The molecule has 2 rings (SSSR count). The van der Waals surface area contributed by atoms with Crippen LogP contribution in [-0.2, 0) is 13.0 Å². The maximum Gasteiger partial charge on any atom is 0.140 e. The molecule has 0 spiro atoms. The number of nitrogen functional groups attached to an aromatic ring is 1. The van der Waals surface area contributed by atoms with Crippen LogP contribution in [-0.4, -0.2) is 9.78 Å². The van der Waals surface area contributed by atoms with E-state index in [9.17, 15) is 5.26 Å². The van der Waals surface area contributed by atoms with Crippen LogP contribution in [0.3, 0.4) is 0 Å². The topological polar surface area (TPSA) is 67.6 Å². The molecular formula is C17H22N4. The van der Waals surface area contributed by atoms with E-state index < -0.39 is 0 Å². The zero-order valence-electron chi connectivity index (χ0n) is 12.8. The number of hydrogen-bond donors (Lipinski definition) is 1. The summed E-state index contributed by atoms with van der Waals surface area (Å²) in [5.74, 6) is 0.496. The Morgan fingerprint density at radius 2 is 1.95 bits per heavy atom. The number of aryl methyl sites for hydroxylation is 2. The second-order valence-corrected chi connectivity index (χ2v) is 5.41. The van der Waals surface area contributed by atoms with Gasteiger partial charge in [0.05, 0.1) is 5.69 Å². The smallest absolute Gasteiger partial charge is 0.140 e. The molecule has 0 unspecified atom stereocenters. The van der Waals surface area contributed by atoms with E-state index in [2.05, 4.69) is 49.3 Å². The van der Waals surface area contributed by atoms with Crippen LogP contribution in [0.25, 0.3) is 0 Å². The van der Waals surface area contributed by atoms with Gasteiger partial charge in [-0.25, -0.2) is 4.68 Å². The van der Waals surface area contributed by atoms with Crippen molar-refractivity contribution in [2.45, 2.75) is 46.1 Å². The van der Waals surface area contributed by atoms with Crippen molar-refractivity contribution in [3.05, 3.63) is 46.6 Å². The van der Waals surface area contributed by atoms with Gasteiger partial charge < -0.3 is 5.73 Å². The average Bonchev–Trinajstić information content (AvgIpc) is 2.77. The van der Waals surface area contributed by atoms with Crippen molar-refractivity contribution in [2.24, 2.45) is 0 Å². The summed E-state index contributed by atoms with van der Waals surface area (Å²) in [6, 6.07) is 10.5. The molecule has 110 valence electrons. The van der Waals surface area contributed by atoms with Crippen molar-refractivity contribution in [1.82, 2.24) is 9.78 Å². The Morgan fingerprint density at radius 3 is 2.57 bits per heavy atom. The van der Waals surface area contributed by atoms with Gasteiger partial charge in [-0.15, -0.1) is 0 Å². The minimum absolute atomic E-state index is 0.496. The minimum Gasteiger partial charge on any atom is -0.383 e. The van der Waals surface area contributed by atoms with E-state index in [4.69, 9.17) is 5.73 Å². The maximum absolute atomic E-state index is 9.32. The van der Waals surface area contributed by atoms with Crippen molar-refractivity contribution >= 4 is 5.82 Å². The zero-order chi connectivity index (χ0) is 15.2. The Hall–Kier alpha value is -2.28. The van der Waals surface area contributed by atoms with Crippen molar-refractivity contribution in [3.8, 4) is 6.07 Å². The summed E-state index contributed by atoms with van der Waals surface area (Å²) in [4.78, 5) is 0. The number of anilines is 1. The van der Waals surface area contributed by atoms with Gasteiger partial charge in [-0.3, -0.25) is 0 Å². The minimum atomic E-state index is 0.496. The van der Waals surface area contributed by atoms with Gasteiger partial charge in [0.15, 0.2) is 0 Å². The molecule has 1 aromatic heterocycles. The number of rotatable bonds is 6. The molecule has 0 saturated carbocycles. The molecule has 2 aromatic rings. The lowest BCUT2D eigenvalue weighted by Gasteiger charge is -2.02. The van der Waals surface area contributed by atoms with Crippen LogP contribution >= 0.6 is 0 Å². The highest BCUT2D eigenvalue weighted by Gasteiger charge is 2.15. The second kappa shape index (κ2) is 6.94. The van der Waals surface area contributed by atoms with Crippen LogP contribution < -0.4 is 5.73 Å². The van der Waals surface area contributed by atoms with Crippen molar-refractivity contribution in [3.63, 3.8) is 0 Å². The lowest BCUT2D eigenvalue weighted by Crippen LogP contribution is -2.05. The van der Waals surface area contributed by atoms with E-state index >= 15 is 0 Å². The third-order valence-electron chi connectivity index (χ3n) is 3.64. The molecule has 0 saturated heterocycles. The molecule has 0 radical (unpaired) electrons. The first-order valence-corrected chi connectivity index (χ1v) is 7.46. The van der Waals surface area contributed by atoms with E-state index in [-0.39, 0.29) is 0 Å². The van der Waals surface area contributed by atoms with Crippen molar-refractivity contribution < 1.29 is 0 Å². The fourth-order valence-electron chi connectivity index (χ4n) is 2.35. The molecule has 0 aliphatic carbocycles. The van der Waals surface area contributed by atoms with E-state index in [0.29, 0.717) is 17.8 Å². The lowest BCUT2D eigenvalue weighted by molar-refractivity contribution is 0.555. The Morgan fingerprint density at radius 1 is 1.24 bits per heavy atom. The lowest BCUT2D eigenvalue weighted by atomic mass is 10.1. The van der Waals surface area contributed by atoms with Crippen LogP contribution in [0.5, 0.6) is 0 Å². The van der Waals surface area contributed by atoms with Crippen molar-refractivity contribution in [2.75, 3.05) is 5.73 Å². The average molecular weight is 282 g/mol. The first kappa shape index (κ1) is 15.1. The molecule has 0 fully saturated rings.